The summed E-state index contributed by atoms with van der Waals surface area (Å²) >= 11 is 0. The Kier molecular flexibility index (Phi) is 7.13. The molecular formula is C28H46O4. The molecule has 0 aromatic carbocycles. The third-order valence-corrected chi connectivity index (χ3v) is 9.95. The number of fused-ring (bicyclic) bond motifs is 4. The molecule has 4 heteroatoms. The lowest BCUT2D eigenvalue weighted by atomic mass is 9.54. The summed E-state index contributed by atoms with van der Waals surface area (Å²) in [5, 5.41) is 9.11. The number of esters is 1. The Hall–Kier alpha value is -0.870. The average molecular weight is 447 g/mol. The maximum absolute atomic E-state index is 13.3. The Morgan fingerprint density at radius 1 is 1.09 bits per heavy atom. The molecule has 182 valence electrons. The van der Waals surface area contributed by atoms with E-state index in [1.165, 1.54) is 44.1 Å². The molecule has 2 saturated carbocycles. The first kappa shape index (κ1) is 24.3. The Bertz CT molecular complexity index is 727. The van der Waals surface area contributed by atoms with Crippen LogP contribution in [0.25, 0.3) is 0 Å². The summed E-state index contributed by atoms with van der Waals surface area (Å²) in [4.78, 5) is 13.3. The van der Waals surface area contributed by atoms with E-state index in [1.807, 2.05) is 0 Å². The summed E-state index contributed by atoms with van der Waals surface area (Å²) in [5.74, 6) is 3.63. The predicted molar refractivity (Wildman–Crippen MR) is 127 cm³/mol. The zero-order chi connectivity index (χ0) is 23.1. The van der Waals surface area contributed by atoms with E-state index in [2.05, 4.69) is 34.6 Å². The van der Waals surface area contributed by atoms with E-state index in [1.54, 1.807) is 0 Å². The van der Waals surface area contributed by atoms with Crippen LogP contribution in [-0.4, -0.2) is 30.4 Å². The number of hydrogen-bond donors (Lipinski definition) is 1. The van der Waals surface area contributed by atoms with Gasteiger partial charge < -0.3 is 14.6 Å². The second-order valence-electron chi connectivity index (χ2n) is 12.3. The van der Waals surface area contributed by atoms with E-state index in [9.17, 15) is 4.79 Å². The first-order valence-electron chi connectivity index (χ1n) is 13.4. The lowest BCUT2D eigenvalue weighted by Crippen LogP contribution is -2.50. The van der Waals surface area contributed by atoms with Crippen molar-refractivity contribution in [3.63, 3.8) is 0 Å². The molecule has 1 aliphatic heterocycles. The summed E-state index contributed by atoms with van der Waals surface area (Å²) < 4.78 is 12.0. The normalized spacial score (nSPS) is 40.0. The molecule has 2 fully saturated rings. The number of carbonyl (C=O) groups is 1. The SMILES string of the molecule is CC(C)CCC[C@@H](C)[C@H]1CC[C@H]2C3=C(CC[C@]12C)[C@@]1(C)CC[C@H](OCCO)C[C@@H]1C(=O)O3. The minimum absolute atomic E-state index is 0.0266. The largest absolute Gasteiger partial charge is 0.431 e. The van der Waals surface area contributed by atoms with Crippen molar-refractivity contribution in [2.45, 2.75) is 105 Å². The molecule has 32 heavy (non-hydrogen) atoms. The van der Waals surface area contributed by atoms with Crippen LogP contribution in [-0.2, 0) is 14.3 Å². The van der Waals surface area contributed by atoms with E-state index >= 15 is 0 Å². The summed E-state index contributed by atoms with van der Waals surface area (Å²) in [5.41, 5.74) is 1.64. The molecule has 7 atom stereocenters. The number of allylic oxidation sites excluding steroid dienone is 2. The zero-order valence-corrected chi connectivity index (χ0v) is 21.1. The summed E-state index contributed by atoms with van der Waals surface area (Å²) in [6.45, 7) is 12.3. The van der Waals surface area contributed by atoms with Gasteiger partial charge in [0.1, 0.15) is 5.76 Å². The van der Waals surface area contributed by atoms with Crippen molar-refractivity contribution in [1.82, 2.24) is 0 Å². The van der Waals surface area contributed by atoms with Crippen LogP contribution < -0.4 is 0 Å². The molecule has 0 spiro atoms. The van der Waals surface area contributed by atoms with Crippen molar-refractivity contribution in [3.8, 4) is 0 Å². The number of ether oxygens (including phenoxy) is 2. The van der Waals surface area contributed by atoms with Gasteiger partial charge in [0.15, 0.2) is 0 Å². The van der Waals surface area contributed by atoms with E-state index in [4.69, 9.17) is 14.6 Å². The fourth-order valence-electron chi connectivity index (χ4n) is 8.01. The Morgan fingerprint density at radius 3 is 2.59 bits per heavy atom. The molecule has 0 radical (unpaired) electrons. The number of carbonyl (C=O) groups excluding carboxylic acids is 1. The third kappa shape index (κ3) is 4.19. The fraction of sp³-hybridized carbons (Fsp3) is 0.893. The van der Waals surface area contributed by atoms with E-state index in [-0.39, 0.29) is 35.4 Å². The minimum atomic E-state index is -0.102. The van der Waals surface area contributed by atoms with Crippen LogP contribution in [0, 0.1) is 40.4 Å². The molecule has 4 rings (SSSR count). The van der Waals surface area contributed by atoms with Gasteiger partial charge in [0.05, 0.1) is 25.2 Å². The minimum Gasteiger partial charge on any atom is -0.431 e. The van der Waals surface area contributed by atoms with Gasteiger partial charge >= 0.3 is 5.97 Å². The average Bonchev–Trinajstić information content (AvgIpc) is 3.10. The van der Waals surface area contributed by atoms with Crippen molar-refractivity contribution in [1.29, 1.82) is 0 Å². The monoisotopic (exact) mass is 446 g/mol. The van der Waals surface area contributed by atoms with Gasteiger partial charge in [-0.1, -0.05) is 53.9 Å². The van der Waals surface area contributed by atoms with E-state index < -0.39 is 0 Å². The molecule has 4 nitrogen and oxygen atoms in total. The molecule has 1 heterocycles. The first-order chi connectivity index (χ1) is 15.2. The highest BCUT2D eigenvalue weighted by Gasteiger charge is 2.59. The van der Waals surface area contributed by atoms with Crippen LogP contribution in [0.5, 0.6) is 0 Å². The molecule has 4 aliphatic rings. The molecule has 0 unspecified atom stereocenters. The van der Waals surface area contributed by atoms with Crippen molar-refractivity contribution >= 4 is 5.97 Å². The highest BCUT2D eigenvalue weighted by atomic mass is 16.5. The number of hydrogen-bond acceptors (Lipinski definition) is 4. The zero-order valence-electron chi connectivity index (χ0n) is 21.1. The highest BCUT2D eigenvalue weighted by Crippen LogP contribution is 2.65. The van der Waals surface area contributed by atoms with E-state index in [0.29, 0.717) is 12.5 Å². The molecule has 0 aromatic heterocycles. The van der Waals surface area contributed by atoms with Gasteiger partial charge in [0, 0.05) is 11.3 Å². The highest BCUT2D eigenvalue weighted by molar-refractivity contribution is 5.77. The smallest absolute Gasteiger partial charge is 0.315 e. The van der Waals surface area contributed by atoms with Crippen molar-refractivity contribution in [2.24, 2.45) is 40.4 Å². The Morgan fingerprint density at radius 2 is 1.88 bits per heavy atom. The van der Waals surface area contributed by atoms with Gasteiger partial charge in [0.2, 0.25) is 0 Å². The van der Waals surface area contributed by atoms with Gasteiger partial charge in [-0.15, -0.1) is 0 Å². The molecule has 3 aliphatic carbocycles. The van der Waals surface area contributed by atoms with Crippen molar-refractivity contribution in [2.75, 3.05) is 13.2 Å². The maximum Gasteiger partial charge on any atom is 0.315 e. The van der Waals surface area contributed by atoms with Crippen molar-refractivity contribution < 1.29 is 19.4 Å². The number of rotatable bonds is 8. The maximum atomic E-state index is 13.3. The third-order valence-electron chi connectivity index (χ3n) is 9.95. The number of aliphatic hydroxyl groups excluding tert-OH is 1. The van der Waals surface area contributed by atoms with Gasteiger partial charge in [-0.05, 0) is 73.7 Å². The summed E-state index contributed by atoms with van der Waals surface area (Å²) in [7, 11) is 0. The quantitative estimate of drug-likeness (QED) is 0.446. The van der Waals surface area contributed by atoms with Crippen LogP contribution in [0.3, 0.4) is 0 Å². The molecular weight excluding hydrogens is 400 g/mol. The molecule has 0 bridgehead atoms. The van der Waals surface area contributed by atoms with Gasteiger partial charge in [-0.2, -0.15) is 0 Å². The van der Waals surface area contributed by atoms with Crippen LogP contribution in [0.1, 0.15) is 98.8 Å². The molecule has 0 amide bonds. The molecule has 1 N–H and O–H groups in total. The Balaban J connectivity index is 1.52. The van der Waals surface area contributed by atoms with Gasteiger partial charge in [-0.25, -0.2) is 0 Å². The standard InChI is InChI=1S/C28H46O4/c1-18(2)7-6-8-19(3)21-9-10-22-25-23(12-14-27(21,22)4)28(5)13-11-20(31-16-15-29)17-24(28)26(30)32-25/h18-22,24,29H,6-17H2,1-5H3/t19-,20+,21-,22+,24-,27-,28-/m1/s1. The lowest BCUT2D eigenvalue weighted by Gasteiger charge is -2.53. The van der Waals surface area contributed by atoms with Crippen LogP contribution >= 0.6 is 0 Å². The van der Waals surface area contributed by atoms with E-state index in [0.717, 1.165) is 49.2 Å². The predicted octanol–water partition coefficient (Wildman–Crippen LogP) is 6.27. The lowest BCUT2D eigenvalue weighted by molar-refractivity contribution is -0.160. The second kappa shape index (κ2) is 9.41. The van der Waals surface area contributed by atoms with Crippen LogP contribution in [0.15, 0.2) is 11.3 Å². The summed E-state index contributed by atoms with van der Waals surface area (Å²) in [6.07, 6.45) is 11.5. The van der Waals surface area contributed by atoms with Gasteiger partial charge in [-0.3, -0.25) is 4.79 Å². The molecule has 0 saturated heterocycles. The Labute approximate surface area is 195 Å². The first-order valence-corrected chi connectivity index (χ1v) is 13.4. The summed E-state index contributed by atoms with van der Waals surface area (Å²) in [6, 6.07) is 0. The van der Waals surface area contributed by atoms with Crippen molar-refractivity contribution in [3.05, 3.63) is 11.3 Å². The molecule has 0 aromatic rings. The second-order valence-corrected chi connectivity index (χ2v) is 12.3. The van der Waals surface area contributed by atoms with Crippen LogP contribution in [0.2, 0.25) is 0 Å². The van der Waals surface area contributed by atoms with Gasteiger partial charge in [0.25, 0.3) is 0 Å². The topological polar surface area (TPSA) is 55.8 Å². The van der Waals surface area contributed by atoms with Crippen LogP contribution in [0.4, 0.5) is 0 Å². The fourth-order valence-corrected chi connectivity index (χ4v) is 8.01. The number of aliphatic hydroxyl groups is 1.